The van der Waals surface area contributed by atoms with E-state index < -0.39 is 5.54 Å². The molecule has 0 unspecified atom stereocenters. The third kappa shape index (κ3) is 3.91. The molecule has 1 aliphatic rings. The van der Waals surface area contributed by atoms with Gasteiger partial charge in [0.1, 0.15) is 11.4 Å². The van der Waals surface area contributed by atoms with Gasteiger partial charge in [-0.3, -0.25) is 4.79 Å². The molecular weight excluding hydrogens is 353 g/mol. The SMILES string of the molecule is CN(C(=O)CSc1ncc(-c2ccc(F)cc2)o1)C1(C#N)CCCCC1. The van der Waals surface area contributed by atoms with Gasteiger partial charge in [0.05, 0.1) is 18.0 Å². The quantitative estimate of drug-likeness (QED) is 0.733. The van der Waals surface area contributed by atoms with Crippen molar-refractivity contribution >= 4 is 17.7 Å². The van der Waals surface area contributed by atoms with E-state index in [1.807, 2.05) is 0 Å². The molecule has 1 fully saturated rings. The highest BCUT2D eigenvalue weighted by Crippen LogP contribution is 2.33. The number of benzene rings is 1. The number of carbonyl (C=O) groups excluding carboxylic acids is 1. The minimum Gasteiger partial charge on any atom is -0.431 e. The van der Waals surface area contributed by atoms with Gasteiger partial charge in [-0.25, -0.2) is 9.37 Å². The van der Waals surface area contributed by atoms with E-state index in [1.54, 1.807) is 30.3 Å². The second-order valence-corrected chi connectivity index (χ2v) is 7.37. The number of rotatable bonds is 5. The first-order valence-electron chi connectivity index (χ1n) is 8.56. The molecular formula is C19H20FN3O2S. The maximum absolute atomic E-state index is 13.0. The molecule has 1 saturated carbocycles. The zero-order chi connectivity index (χ0) is 18.6. The van der Waals surface area contributed by atoms with Crippen molar-refractivity contribution in [2.75, 3.05) is 12.8 Å². The number of hydrogen-bond donors (Lipinski definition) is 0. The van der Waals surface area contributed by atoms with Crippen LogP contribution in [0.4, 0.5) is 4.39 Å². The van der Waals surface area contributed by atoms with Crippen LogP contribution < -0.4 is 0 Å². The second-order valence-electron chi connectivity index (χ2n) is 6.44. The number of halogens is 1. The zero-order valence-electron chi connectivity index (χ0n) is 14.6. The van der Waals surface area contributed by atoms with E-state index in [4.69, 9.17) is 4.42 Å². The Morgan fingerprint density at radius 1 is 1.35 bits per heavy atom. The van der Waals surface area contributed by atoms with Crippen LogP contribution in [0, 0.1) is 17.1 Å². The van der Waals surface area contributed by atoms with Gasteiger partial charge in [-0.2, -0.15) is 5.26 Å². The Labute approximate surface area is 156 Å². The first-order chi connectivity index (χ1) is 12.5. The Bertz CT molecular complexity index is 807. The van der Waals surface area contributed by atoms with Crippen LogP contribution in [0.25, 0.3) is 11.3 Å². The highest BCUT2D eigenvalue weighted by atomic mass is 32.2. The molecule has 1 aromatic carbocycles. The Morgan fingerprint density at radius 3 is 2.69 bits per heavy atom. The molecule has 1 amide bonds. The molecule has 26 heavy (non-hydrogen) atoms. The lowest BCUT2D eigenvalue weighted by Gasteiger charge is -2.38. The lowest BCUT2D eigenvalue weighted by atomic mass is 9.81. The van der Waals surface area contributed by atoms with Crippen molar-refractivity contribution in [1.29, 1.82) is 5.26 Å². The van der Waals surface area contributed by atoms with E-state index in [2.05, 4.69) is 11.1 Å². The molecule has 7 heteroatoms. The standard InChI is InChI=1S/C19H20FN3O2S/c1-23(19(13-21)9-3-2-4-10-19)17(24)12-26-18-22-11-16(25-18)14-5-7-15(20)8-6-14/h5-8,11H,2-4,9-10,12H2,1H3. The van der Waals surface area contributed by atoms with Gasteiger partial charge >= 0.3 is 0 Å². The van der Waals surface area contributed by atoms with Crippen molar-refractivity contribution in [1.82, 2.24) is 9.88 Å². The monoisotopic (exact) mass is 373 g/mol. The number of hydrogen-bond acceptors (Lipinski definition) is 5. The molecule has 1 heterocycles. The summed E-state index contributed by atoms with van der Waals surface area (Å²) in [7, 11) is 1.71. The first kappa shape index (κ1) is 18.5. The van der Waals surface area contributed by atoms with Gasteiger partial charge < -0.3 is 9.32 Å². The summed E-state index contributed by atoms with van der Waals surface area (Å²) in [6, 6.07) is 8.29. The Kier molecular flexibility index (Phi) is 5.62. The zero-order valence-corrected chi connectivity index (χ0v) is 15.4. The van der Waals surface area contributed by atoms with Gasteiger partial charge in [0.2, 0.25) is 5.91 Å². The minimum absolute atomic E-state index is 0.111. The van der Waals surface area contributed by atoms with Crippen LogP contribution in [-0.2, 0) is 4.79 Å². The normalized spacial score (nSPS) is 16.0. The highest BCUT2D eigenvalue weighted by Gasteiger charge is 2.38. The maximum atomic E-state index is 13.0. The molecule has 0 bridgehead atoms. The molecule has 0 radical (unpaired) electrons. The van der Waals surface area contributed by atoms with Crippen molar-refractivity contribution in [3.63, 3.8) is 0 Å². The number of amides is 1. The highest BCUT2D eigenvalue weighted by molar-refractivity contribution is 7.99. The molecule has 0 aliphatic heterocycles. The number of oxazole rings is 1. The molecule has 0 spiro atoms. The number of carbonyl (C=O) groups is 1. The van der Waals surface area contributed by atoms with Gasteiger partial charge in [-0.1, -0.05) is 31.0 Å². The number of nitriles is 1. The van der Waals surface area contributed by atoms with Crippen molar-refractivity contribution in [3.05, 3.63) is 36.3 Å². The first-order valence-corrected chi connectivity index (χ1v) is 9.55. The fourth-order valence-electron chi connectivity index (χ4n) is 3.19. The summed E-state index contributed by atoms with van der Waals surface area (Å²) in [6.07, 6.45) is 6.07. The van der Waals surface area contributed by atoms with E-state index in [9.17, 15) is 14.4 Å². The lowest BCUT2D eigenvalue weighted by Crippen LogP contribution is -2.50. The van der Waals surface area contributed by atoms with Crippen LogP contribution in [0.3, 0.4) is 0 Å². The summed E-state index contributed by atoms with van der Waals surface area (Å²) in [5, 5.41) is 9.96. The molecule has 0 atom stereocenters. The number of aromatic nitrogens is 1. The fraction of sp³-hybridized carbons (Fsp3) is 0.421. The van der Waals surface area contributed by atoms with Gasteiger partial charge in [0.15, 0.2) is 5.76 Å². The van der Waals surface area contributed by atoms with Crippen LogP contribution in [-0.4, -0.2) is 34.1 Å². The molecule has 5 nitrogen and oxygen atoms in total. The molecule has 136 valence electrons. The van der Waals surface area contributed by atoms with Crippen molar-refractivity contribution < 1.29 is 13.6 Å². The van der Waals surface area contributed by atoms with E-state index in [0.717, 1.165) is 37.7 Å². The second kappa shape index (κ2) is 7.92. The smallest absolute Gasteiger partial charge is 0.256 e. The molecule has 1 aromatic heterocycles. The Morgan fingerprint density at radius 2 is 2.04 bits per heavy atom. The van der Waals surface area contributed by atoms with Crippen molar-refractivity contribution in [2.45, 2.75) is 42.9 Å². The largest absolute Gasteiger partial charge is 0.431 e. The summed E-state index contributed by atoms with van der Waals surface area (Å²) in [5.74, 6) is 0.253. The number of nitrogens with zero attached hydrogens (tertiary/aromatic N) is 3. The fourth-order valence-corrected chi connectivity index (χ4v) is 3.91. The third-order valence-electron chi connectivity index (χ3n) is 4.84. The maximum Gasteiger partial charge on any atom is 0.256 e. The van der Waals surface area contributed by atoms with E-state index >= 15 is 0 Å². The lowest BCUT2D eigenvalue weighted by molar-refractivity contribution is -0.131. The van der Waals surface area contributed by atoms with Gasteiger partial charge in [0.25, 0.3) is 5.22 Å². The summed E-state index contributed by atoms with van der Waals surface area (Å²) < 4.78 is 18.6. The average molecular weight is 373 g/mol. The van der Waals surface area contributed by atoms with Gasteiger partial charge in [-0.05, 0) is 37.1 Å². The number of thioether (sulfide) groups is 1. The van der Waals surface area contributed by atoms with Gasteiger partial charge in [0, 0.05) is 12.6 Å². The van der Waals surface area contributed by atoms with Gasteiger partial charge in [-0.15, -0.1) is 0 Å². The summed E-state index contributed by atoms with van der Waals surface area (Å²) >= 11 is 1.20. The predicted octanol–water partition coefficient (Wildman–Crippen LogP) is 4.26. The topological polar surface area (TPSA) is 70.1 Å². The molecule has 2 aromatic rings. The molecule has 0 saturated heterocycles. The van der Waals surface area contributed by atoms with E-state index in [-0.39, 0.29) is 17.5 Å². The van der Waals surface area contributed by atoms with Crippen LogP contribution in [0.2, 0.25) is 0 Å². The predicted molar refractivity (Wildman–Crippen MR) is 96.8 cm³/mol. The van der Waals surface area contributed by atoms with Crippen LogP contribution in [0.15, 0.2) is 40.1 Å². The van der Waals surface area contributed by atoms with Crippen LogP contribution in [0.1, 0.15) is 32.1 Å². The van der Waals surface area contributed by atoms with Crippen molar-refractivity contribution in [3.8, 4) is 17.4 Å². The van der Waals surface area contributed by atoms with Crippen LogP contribution >= 0.6 is 11.8 Å². The summed E-state index contributed by atoms with van der Waals surface area (Å²) in [5.41, 5.74) is 0.0333. The average Bonchev–Trinajstić information content (AvgIpc) is 3.15. The summed E-state index contributed by atoms with van der Waals surface area (Å²) in [6.45, 7) is 0. The van der Waals surface area contributed by atoms with E-state index in [1.165, 1.54) is 23.9 Å². The summed E-state index contributed by atoms with van der Waals surface area (Å²) in [4.78, 5) is 18.3. The third-order valence-corrected chi connectivity index (χ3v) is 5.66. The Balaban J connectivity index is 1.61. The molecule has 0 N–H and O–H groups in total. The van der Waals surface area contributed by atoms with E-state index in [0.29, 0.717) is 11.0 Å². The van der Waals surface area contributed by atoms with Crippen molar-refractivity contribution in [2.24, 2.45) is 0 Å². The van der Waals surface area contributed by atoms with Crippen LogP contribution in [0.5, 0.6) is 0 Å². The Hall–Kier alpha value is -2.33. The molecule has 1 aliphatic carbocycles. The molecule has 3 rings (SSSR count). The minimum atomic E-state index is -0.689.